The molecule has 5 nitrogen and oxygen atoms in total. The number of carbonyl (C=O) groups is 1. The zero-order valence-electron chi connectivity index (χ0n) is 11.6. The van der Waals surface area contributed by atoms with Crippen LogP contribution in [0.5, 0.6) is 0 Å². The largest absolute Gasteiger partial charge is 0.379 e. The molecule has 0 spiro atoms. The molecule has 0 saturated carbocycles. The molecule has 1 aliphatic rings. The summed E-state index contributed by atoms with van der Waals surface area (Å²) >= 11 is 0. The summed E-state index contributed by atoms with van der Waals surface area (Å²) < 4.78 is 5.29. The lowest BCUT2D eigenvalue weighted by Gasteiger charge is -2.31. The van der Waals surface area contributed by atoms with E-state index in [-0.39, 0.29) is 11.9 Å². The maximum absolute atomic E-state index is 12.1. The van der Waals surface area contributed by atoms with Gasteiger partial charge in [-0.2, -0.15) is 0 Å². The number of aromatic nitrogens is 1. The minimum Gasteiger partial charge on any atom is -0.379 e. The van der Waals surface area contributed by atoms with Gasteiger partial charge in [-0.05, 0) is 25.0 Å². The number of hydrogen-bond acceptors (Lipinski definition) is 4. The lowest BCUT2D eigenvalue weighted by molar-refractivity contribution is -0.122. The Hall–Kier alpha value is -1.46. The second-order valence-electron chi connectivity index (χ2n) is 4.72. The van der Waals surface area contributed by atoms with Crippen LogP contribution in [0.3, 0.4) is 0 Å². The van der Waals surface area contributed by atoms with Crippen LogP contribution in [0.1, 0.15) is 19.4 Å². The van der Waals surface area contributed by atoms with E-state index in [9.17, 15) is 4.79 Å². The fraction of sp³-hybridized carbons (Fsp3) is 0.571. The molecule has 0 radical (unpaired) electrons. The van der Waals surface area contributed by atoms with Crippen molar-refractivity contribution in [1.29, 1.82) is 0 Å². The van der Waals surface area contributed by atoms with E-state index in [1.807, 2.05) is 19.1 Å². The molecule has 0 aromatic carbocycles. The summed E-state index contributed by atoms with van der Waals surface area (Å²) in [5, 5.41) is 2.86. The minimum atomic E-state index is -0.156. The Bertz CT molecular complexity index is 413. The van der Waals surface area contributed by atoms with Crippen molar-refractivity contribution in [2.45, 2.75) is 26.3 Å². The molecule has 0 bridgehead atoms. The monoisotopic (exact) mass is 263 g/mol. The standard InChI is InChI=1S/C14H21N3O2/c1-3-12-4-5-13(15-10-12)16-14(18)11(2)17-6-8-19-9-7-17/h4-5,10-11H,3,6-9H2,1-2H3,(H,15,16,18). The van der Waals surface area contributed by atoms with Crippen LogP contribution in [-0.4, -0.2) is 48.1 Å². The summed E-state index contributed by atoms with van der Waals surface area (Å²) in [7, 11) is 0. The third-order valence-corrected chi connectivity index (χ3v) is 3.46. The van der Waals surface area contributed by atoms with Gasteiger partial charge in [-0.1, -0.05) is 13.0 Å². The second kappa shape index (κ2) is 6.63. The highest BCUT2D eigenvalue weighted by molar-refractivity contribution is 5.93. The van der Waals surface area contributed by atoms with E-state index in [2.05, 4.69) is 22.1 Å². The molecule has 1 amide bonds. The van der Waals surface area contributed by atoms with Crippen molar-refractivity contribution in [2.24, 2.45) is 0 Å². The van der Waals surface area contributed by atoms with Crippen molar-refractivity contribution < 1.29 is 9.53 Å². The average molecular weight is 263 g/mol. The van der Waals surface area contributed by atoms with Gasteiger partial charge in [0.25, 0.3) is 0 Å². The Morgan fingerprint density at radius 3 is 2.79 bits per heavy atom. The Morgan fingerprint density at radius 2 is 2.21 bits per heavy atom. The highest BCUT2D eigenvalue weighted by Gasteiger charge is 2.23. The fourth-order valence-corrected chi connectivity index (χ4v) is 2.07. The molecule has 1 unspecified atom stereocenters. The van der Waals surface area contributed by atoms with Gasteiger partial charge in [0, 0.05) is 19.3 Å². The molecule has 5 heteroatoms. The number of ether oxygens (including phenoxy) is 1. The van der Waals surface area contributed by atoms with E-state index in [0.29, 0.717) is 19.0 Å². The number of anilines is 1. The summed E-state index contributed by atoms with van der Waals surface area (Å²) in [6, 6.07) is 3.68. The molecular weight excluding hydrogens is 242 g/mol. The SMILES string of the molecule is CCc1ccc(NC(=O)C(C)N2CCOCC2)nc1. The van der Waals surface area contributed by atoms with Crippen LogP contribution >= 0.6 is 0 Å². The van der Waals surface area contributed by atoms with Crippen molar-refractivity contribution in [3.63, 3.8) is 0 Å². The molecule has 1 saturated heterocycles. The third-order valence-electron chi connectivity index (χ3n) is 3.46. The van der Waals surface area contributed by atoms with Crippen LogP contribution in [0.15, 0.2) is 18.3 Å². The molecule has 1 aliphatic heterocycles. The maximum Gasteiger partial charge on any atom is 0.242 e. The van der Waals surface area contributed by atoms with Crippen LogP contribution in [-0.2, 0) is 16.0 Å². The number of aryl methyl sites for hydroxylation is 1. The third kappa shape index (κ3) is 3.75. The Morgan fingerprint density at radius 1 is 1.47 bits per heavy atom. The Labute approximate surface area is 114 Å². The molecule has 1 fully saturated rings. The summed E-state index contributed by atoms with van der Waals surface area (Å²) in [5.74, 6) is 0.598. The van der Waals surface area contributed by atoms with Crippen LogP contribution in [0.4, 0.5) is 5.82 Å². The number of nitrogens with zero attached hydrogens (tertiary/aromatic N) is 2. The van der Waals surface area contributed by atoms with Gasteiger partial charge in [-0.3, -0.25) is 9.69 Å². The molecule has 1 aromatic rings. The Kier molecular flexibility index (Phi) is 4.87. The normalized spacial score (nSPS) is 18.0. The average Bonchev–Trinajstić information content (AvgIpc) is 2.48. The number of rotatable bonds is 4. The molecule has 1 aromatic heterocycles. The smallest absolute Gasteiger partial charge is 0.242 e. The number of hydrogen-bond donors (Lipinski definition) is 1. The van der Waals surface area contributed by atoms with Gasteiger partial charge in [-0.15, -0.1) is 0 Å². The van der Waals surface area contributed by atoms with Crippen molar-refractivity contribution >= 4 is 11.7 Å². The van der Waals surface area contributed by atoms with Gasteiger partial charge in [0.15, 0.2) is 0 Å². The quantitative estimate of drug-likeness (QED) is 0.889. The van der Waals surface area contributed by atoms with Gasteiger partial charge in [0.05, 0.1) is 19.3 Å². The molecule has 19 heavy (non-hydrogen) atoms. The first-order chi connectivity index (χ1) is 9.20. The van der Waals surface area contributed by atoms with E-state index in [1.165, 1.54) is 5.56 Å². The van der Waals surface area contributed by atoms with Crippen molar-refractivity contribution in [3.8, 4) is 0 Å². The maximum atomic E-state index is 12.1. The predicted octanol–water partition coefficient (Wildman–Crippen LogP) is 1.30. The van der Waals surface area contributed by atoms with Gasteiger partial charge >= 0.3 is 0 Å². The van der Waals surface area contributed by atoms with Gasteiger partial charge in [0.2, 0.25) is 5.91 Å². The predicted molar refractivity (Wildman–Crippen MR) is 74.1 cm³/mol. The van der Waals surface area contributed by atoms with Crippen molar-refractivity contribution in [1.82, 2.24) is 9.88 Å². The Balaban J connectivity index is 1.91. The van der Waals surface area contributed by atoms with E-state index in [4.69, 9.17) is 4.74 Å². The van der Waals surface area contributed by atoms with E-state index < -0.39 is 0 Å². The molecule has 2 heterocycles. The van der Waals surface area contributed by atoms with E-state index in [0.717, 1.165) is 19.5 Å². The van der Waals surface area contributed by atoms with Gasteiger partial charge < -0.3 is 10.1 Å². The molecule has 1 atom stereocenters. The minimum absolute atomic E-state index is 0.0151. The van der Waals surface area contributed by atoms with E-state index in [1.54, 1.807) is 6.20 Å². The summed E-state index contributed by atoms with van der Waals surface area (Å²) in [6.07, 6.45) is 2.75. The number of morpholine rings is 1. The lowest BCUT2D eigenvalue weighted by Crippen LogP contribution is -2.47. The first-order valence-electron chi connectivity index (χ1n) is 6.78. The first-order valence-corrected chi connectivity index (χ1v) is 6.78. The second-order valence-corrected chi connectivity index (χ2v) is 4.72. The topological polar surface area (TPSA) is 54.5 Å². The van der Waals surface area contributed by atoms with Crippen molar-refractivity contribution in [3.05, 3.63) is 23.9 Å². The number of pyridine rings is 1. The zero-order chi connectivity index (χ0) is 13.7. The highest BCUT2D eigenvalue weighted by Crippen LogP contribution is 2.09. The highest BCUT2D eigenvalue weighted by atomic mass is 16.5. The van der Waals surface area contributed by atoms with E-state index >= 15 is 0 Å². The van der Waals surface area contributed by atoms with Crippen LogP contribution in [0.2, 0.25) is 0 Å². The first kappa shape index (κ1) is 14.0. The summed E-state index contributed by atoms with van der Waals surface area (Å²) in [6.45, 7) is 6.99. The zero-order valence-corrected chi connectivity index (χ0v) is 11.6. The number of nitrogens with one attached hydrogen (secondary N) is 1. The van der Waals surface area contributed by atoms with Gasteiger partial charge in [0.1, 0.15) is 5.82 Å². The van der Waals surface area contributed by atoms with Crippen LogP contribution < -0.4 is 5.32 Å². The molecule has 0 aliphatic carbocycles. The van der Waals surface area contributed by atoms with Gasteiger partial charge in [-0.25, -0.2) is 4.98 Å². The van der Waals surface area contributed by atoms with Crippen LogP contribution in [0, 0.1) is 0 Å². The molecule has 2 rings (SSSR count). The van der Waals surface area contributed by atoms with Crippen molar-refractivity contribution in [2.75, 3.05) is 31.6 Å². The summed E-state index contributed by atoms with van der Waals surface area (Å²) in [4.78, 5) is 18.5. The molecular formula is C14H21N3O2. The molecule has 104 valence electrons. The number of carbonyl (C=O) groups excluding carboxylic acids is 1. The lowest BCUT2D eigenvalue weighted by atomic mass is 10.2. The fourth-order valence-electron chi connectivity index (χ4n) is 2.07. The number of amides is 1. The molecule has 1 N–H and O–H groups in total. The summed E-state index contributed by atoms with van der Waals surface area (Å²) in [5.41, 5.74) is 1.17. The van der Waals surface area contributed by atoms with Crippen LogP contribution in [0.25, 0.3) is 0 Å².